The van der Waals surface area contributed by atoms with E-state index in [1.54, 1.807) is 12.1 Å². The predicted molar refractivity (Wildman–Crippen MR) is 89.8 cm³/mol. The van der Waals surface area contributed by atoms with Gasteiger partial charge in [0.1, 0.15) is 5.82 Å². The van der Waals surface area contributed by atoms with Crippen LogP contribution in [0.3, 0.4) is 0 Å². The summed E-state index contributed by atoms with van der Waals surface area (Å²) in [6, 6.07) is 5.33. The number of amides is 1. The van der Waals surface area contributed by atoms with Crippen molar-refractivity contribution in [1.82, 2.24) is 10.2 Å². The zero-order valence-corrected chi connectivity index (χ0v) is 14.4. The Morgan fingerprint density at radius 3 is 2.74 bits per heavy atom. The summed E-state index contributed by atoms with van der Waals surface area (Å²) in [5.74, 6) is 0.661. The molecule has 3 unspecified atom stereocenters. The van der Waals surface area contributed by atoms with Crippen LogP contribution in [0.5, 0.6) is 0 Å². The van der Waals surface area contributed by atoms with E-state index in [1.807, 2.05) is 4.90 Å². The van der Waals surface area contributed by atoms with E-state index in [0.29, 0.717) is 23.8 Å². The Morgan fingerprint density at radius 2 is 2.13 bits per heavy atom. The lowest BCUT2D eigenvalue weighted by molar-refractivity contribution is -0.134. The highest BCUT2D eigenvalue weighted by Gasteiger charge is 2.37. The van der Waals surface area contributed by atoms with Gasteiger partial charge in [-0.05, 0) is 49.8 Å². The van der Waals surface area contributed by atoms with Crippen LogP contribution < -0.4 is 5.32 Å². The van der Waals surface area contributed by atoms with Crippen LogP contribution in [0.4, 0.5) is 4.39 Å². The molecule has 1 aliphatic heterocycles. The SMILES string of the molecule is CC(NC1CCN(C(=O)C2CC2)CC1C)c1ccc(F)c(Cl)c1. The number of carbonyl (C=O) groups is 1. The lowest BCUT2D eigenvalue weighted by Gasteiger charge is -2.39. The Balaban J connectivity index is 1.57. The van der Waals surface area contributed by atoms with Crippen molar-refractivity contribution in [2.75, 3.05) is 13.1 Å². The zero-order valence-electron chi connectivity index (χ0n) is 13.7. The van der Waals surface area contributed by atoms with Crippen molar-refractivity contribution in [1.29, 1.82) is 0 Å². The number of rotatable bonds is 4. The van der Waals surface area contributed by atoms with Crippen molar-refractivity contribution >= 4 is 17.5 Å². The highest BCUT2D eigenvalue weighted by molar-refractivity contribution is 6.30. The maximum absolute atomic E-state index is 13.3. The number of nitrogens with one attached hydrogen (secondary N) is 1. The number of hydrogen-bond donors (Lipinski definition) is 1. The molecular weight excluding hydrogens is 315 g/mol. The summed E-state index contributed by atoms with van der Waals surface area (Å²) in [5, 5.41) is 3.78. The fraction of sp³-hybridized carbons (Fsp3) is 0.611. The minimum atomic E-state index is -0.386. The molecule has 1 N–H and O–H groups in total. The van der Waals surface area contributed by atoms with Gasteiger partial charge < -0.3 is 10.2 Å². The van der Waals surface area contributed by atoms with Crippen molar-refractivity contribution in [3.8, 4) is 0 Å². The second-order valence-corrected chi connectivity index (χ2v) is 7.40. The molecule has 1 heterocycles. The summed E-state index contributed by atoms with van der Waals surface area (Å²) in [4.78, 5) is 14.2. The van der Waals surface area contributed by atoms with Crippen LogP contribution >= 0.6 is 11.6 Å². The van der Waals surface area contributed by atoms with Crippen LogP contribution in [0, 0.1) is 17.7 Å². The van der Waals surface area contributed by atoms with Gasteiger partial charge in [0, 0.05) is 31.1 Å². The first kappa shape index (κ1) is 16.7. The Morgan fingerprint density at radius 1 is 1.39 bits per heavy atom. The van der Waals surface area contributed by atoms with Gasteiger partial charge in [-0.2, -0.15) is 0 Å². The van der Waals surface area contributed by atoms with E-state index in [1.165, 1.54) is 6.07 Å². The molecule has 3 atom stereocenters. The van der Waals surface area contributed by atoms with E-state index in [-0.39, 0.29) is 16.9 Å². The summed E-state index contributed by atoms with van der Waals surface area (Å²) < 4.78 is 13.3. The first-order chi connectivity index (χ1) is 11.0. The molecule has 3 nitrogen and oxygen atoms in total. The van der Waals surface area contributed by atoms with E-state index < -0.39 is 0 Å². The molecule has 2 fully saturated rings. The Hall–Kier alpha value is -1.13. The van der Waals surface area contributed by atoms with Crippen LogP contribution in [-0.2, 0) is 4.79 Å². The van der Waals surface area contributed by atoms with Crippen molar-refractivity contribution in [2.24, 2.45) is 11.8 Å². The Kier molecular flexibility index (Phi) is 4.93. The molecule has 0 bridgehead atoms. The summed E-state index contributed by atoms with van der Waals surface area (Å²) in [7, 11) is 0. The first-order valence-corrected chi connectivity index (χ1v) is 8.83. The number of nitrogens with zero attached hydrogens (tertiary/aromatic N) is 1. The van der Waals surface area contributed by atoms with Crippen molar-refractivity contribution in [3.05, 3.63) is 34.6 Å². The molecule has 1 aromatic carbocycles. The first-order valence-electron chi connectivity index (χ1n) is 8.45. The minimum absolute atomic E-state index is 0.103. The third-order valence-corrected chi connectivity index (χ3v) is 5.34. The lowest BCUT2D eigenvalue weighted by Crippen LogP contribution is -2.50. The van der Waals surface area contributed by atoms with Crippen LogP contribution in [-0.4, -0.2) is 29.9 Å². The Bertz CT molecular complexity index is 590. The molecule has 3 rings (SSSR count). The quantitative estimate of drug-likeness (QED) is 0.906. The topological polar surface area (TPSA) is 32.3 Å². The van der Waals surface area contributed by atoms with Crippen molar-refractivity contribution < 1.29 is 9.18 Å². The lowest BCUT2D eigenvalue weighted by atomic mass is 9.92. The molecule has 0 radical (unpaired) electrons. The van der Waals surface area contributed by atoms with Crippen LogP contribution in [0.15, 0.2) is 18.2 Å². The van der Waals surface area contributed by atoms with E-state index >= 15 is 0 Å². The Labute approximate surface area is 142 Å². The second kappa shape index (κ2) is 6.78. The molecule has 1 aromatic rings. The van der Waals surface area contributed by atoms with Gasteiger partial charge in [-0.1, -0.05) is 24.6 Å². The molecule has 1 saturated heterocycles. The molecule has 23 heavy (non-hydrogen) atoms. The van der Waals surface area contributed by atoms with Gasteiger partial charge in [0.25, 0.3) is 0 Å². The van der Waals surface area contributed by atoms with Gasteiger partial charge in [-0.25, -0.2) is 4.39 Å². The van der Waals surface area contributed by atoms with Crippen LogP contribution in [0.1, 0.15) is 44.7 Å². The summed E-state index contributed by atoms with van der Waals surface area (Å²) in [6.07, 6.45) is 3.08. The van der Waals surface area contributed by atoms with E-state index in [9.17, 15) is 9.18 Å². The summed E-state index contributed by atoms with van der Waals surface area (Å²) in [6.45, 7) is 5.91. The highest BCUT2D eigenvalue weighted by Crippen LogP contribution is 2.33. The highest BCUT2D eigenvalue weighted by atomic mass is 35.5. The number of halogens is 2. The van der Waals surface area contributed by atoms with Gasteiger partial charge in [0.15, 0.2) is 0 Å². The number of benzene rings is 1. The van der Waals surface area contributed by atoms with Crippen LogP contribution in [0.25, 0.3) is 0 Å². The normalized spacial score (nSPS) is 26.2. The average molecular weight is 339 g/mol. The van der Waals surface area contributed by atoms with E-state index in [0.717, 1.165) is 37.9 Å². The summed E-state index contributed by atoms with van der Waals surface area (Å²) in [5.41, 5.74) is 0.986. The molecule has 1 saturated carbocycles. The van der Waals surface area contributed by atoms with Gasteiger partial charge in [0.05, 0.1) is 5.02 Å². The number of piperidine rings is 1. The van der Waals surface area contributed by atoms with Gasteiger partial charge in [-0.15, -0.1) is 0 Å². The van der Waals surface area contributed by atoms with Gasteiger partial charge in [-0.3, -0.25) is 4.79 Å². The number of likely N-dealkylation sites (tertiary alicyclic amines) is 1. The van der Waals surface area contributed by atoms with Gasteiger partial charge in [0.2, 0.25) is 5.91 Å². The maximum atomic E-state index is 13.3. The fourth-order valence-electron chi connectivity index (χ4n) is 3.38. The van der Waals surface area contributed by atoms with E-state index in [4.69, 9.17) is 11.6 Å². The molecule has 1 aliphatic carbocycles. The molecular formula is C18H24ClFN2O. The third-order valence-electron chi connectivity index (χ3n) is 5.05. The van der Waals surface area contributed by atoms with Crippen molar-refractivity contribution in [2.45, 2.75) is 45.2 Å². The molecule has 2 aliphatic rings. The third kappa shape index (κ3) is 3.86. The molecule has 126 valence electrons. The zero-order chi connectivity index (χ0) is 16.6. The number of hydrogen-bond acceptors (Lipinski definition) is 2. The summed E-state index contributed by atoms with van der Waals surface area (Å²) >= 11 is 5.87. The van der Waals surface area contributed by atoms with Crippen LogP contribution in [0.2, 0.25) is 5.02 Å². The standard InChI is InChI=1S/C18H24ClFN2O/c1-11-10-22(18(23)13-3-4-13)8-7-17(11)21-12(2)14-5-6-16(20)15(19)9-14/h5-6,9,11-13,17,21H,3-4,7-8,10H2,1-2H3. The fourth-order valence-corrected chi connectivity index (χ4v) is 3.57. The maximum Gasteiger partial charge on any atom is 0.225 e. The smallest absolute Gasteiger partial charge is 0.225 e. The van der Waals surface area contributed by atoms with E-state index in [2.05, 4.69) is 19.2 Å². The van der Waals surface area contributed by atoms with Crippen molar-refractivity contribution in [3.63, 3.8) is 0 Å². The largest absolute Gasteiger partial charge is 0.342 e. The minimum Gasteiger partial charge on any atom is -0.342 e. The monoisotopic (exact) mass is 338 g/mol. The van der Waals surface area contributed by atoms with Gasteiger partial charge >= 0.3 is 0 Å². The molecule has 1 amide bonds. The number of carbonyl (C=O) groups excluding carboxylic acids is 1. The predicted octanol–water partition coefficient (Wildman–Crippen LogP) is 3.78. The molecule has 5 heteroatoms. The second-order valence-electron chi connectivity index (χ2n) is 6.99. The average Bonchev–Trinajstić information content (AvgIpc) is 3.36. The molecule has 0 spiro atoms. The molecule has 0 aromatic heterocycles.